The van der Waals surface area contributed by atoms with Gasteiger partial charge in [0.25, 0.3) is 0 Å². The fourth-order valence-corrected chi connectivity index (χ4v) is 3.60. The van der Waals surface area contributed by atoms with E-state index in [4.69, 9.17) is 0 Å². The molecule has 204 valence electrons. The van der Waals surface area contributed by atoms with Crippen molar-refractivity contribution < 1.29 is 39.0 Å². The van der Waals surface area contributed by atoms with E-state index in [0.29, 0.717) is 0 Å². The van der Waals surface area contributed by atoms with E-state index in [9.17, 15) is 39.0 Å². The molecule has 16 heteroatoms. The normalized spacial score (nSPS) is 28.5. The Morgan fingerprint density at radius 1 is 0.722 bits per heavy atom. The van der Waals surface area contributed by atoms with Crippen molar-refractivity contribution in [2.45, 2.75) is 57.1 Å². The van der Waals surface area contributed by atoms with Crippen LogP contribution in [0.1, 0.15) is 20.8 Å². The molecule has 1 saturated heterocycles. The van der Waals surface area contributed by atoms with Crippen molar-refractivity contribution in [1.82, 2.24) is 31.9 Å². The van der Waals surface area contributed by atoms with Crippen molar-refractivity contribution in [3.8, 4) is 0 Å². The maximum atomic E-state index is 12.9. The third kappa shape index (κ3) is 9.15. The van der Waals surface area contributed by atoms with E-state index in [1.165, 1.54) is 6.92 Å². The van der Waals surface area contributed by atoms with E-state index in [1.807, 2.05) is 0 Å². The highest BCUT2D eigenvalue weighted by Crippen LogP contribution is 2.06. The van der Waals surface area contributed by atoms with Gasteiger partial charge < -0.3 is 42.1 Å². The van der Waals surface area contributed by atoms with Crippen LogP contribution in [0, 0.1) is 5.92 Å². The van der Waals surface area contributed by atoms with Crippen LogP contribution in [-0.2, 0) is 28.8 Å². The summed E-state index contributed by atoms with van der Waals surface area (Å²) in [7, 11) is 0. The van der Waals surface area contributed by atoms with Crippen LogP contribution in [0.2, 0.25) is 0 Å². The lowest BCUT2D eigenvalue weighted by molar-refractivity contribution is -0.137. The highest BCUT2D eigenvalue weighted by atomic mass is 32.1. The molecule has 0 aromatic carbocycles. The summed E-state index contributed by atoms with van der Waals surface area (Å²) in [6, 6.07) is -6.63. The topological polar surface area (TPSA) is 215 Å². The lowest BCUT2D eigenvalue weighted by Gasteiger charge is -2.29. The van der Waals surface area contributed by atoms with Crippen molar-refractivity contribution in [2.24, 2.45) is 5.92 Å². The second-order valence-electron chi connectivity index (χ2n) is 8.47. The Balaban J connectivity index is 3.35. The summed E-state index contributed by atoms with van der Waals surface area (Å²) < 4.78 is 0. The number of rotatable bonds is 5. The molecular formula is C20H34N6O8S2. The molecule has 6 atom stereocenters. The fourth-order valence-electron chi connectivity index (χ4n) is 3.09. The third-order valence-corrected chi connectivity index (χ3v) is 5.93. The molecule has 0 aliphatic carbocycles. The van der Waals surface area contributed by atoms with Gasteiger partial charge in [-0.3, -0.25) is 28.8 Å². The first-order valence-electron chi connectivity index (χ1n) is 11.1. The molecule has 0 spiro atoms. The van der Waals surface area contributed by atoms with Crippen LogP contribution in [0.5, 0.6) is 0 Å². The molecule has 0 aromatic heterocycles. The molecule has 1 heterocycles. The van der Waals surface area contributed by atoms with Gasteiger partial charge in [-0.15, -0.1) is 0 Å². The summed E-state index contributed by atoms with van der Waals surface area (Å²) in [6.45, 7) is 3.07. The molecule has 14 nitrogen and oxygen atoms in total. The quantitative estimate of drug-likeness (QED) is 0.150. The van der Waals surface area contributed by atoms with E-state index >= 15 is 0 Å². The van der Waals surface area contributed by atoms with Crippen molar-refractivity contribution in [3.05, 3.63) is 0 Å². The first-order valence-corrected chi connectivity index (χ1v) is 12.4. The second-order valence-corrected chi connectivity index (χ2v) is 9.20. The number of carbonyl (C=O) groups is 6. The number of nitrogens with one attached hydrogen (secondary N) is 6. The number of hydrogen-bond acceptors (Lipinski definition) is 10. The summed E-state index contributed by atoms with van der Waals surface area (Å²) in [4.78, 5) is 75.8. The molecule has 8 N–H and O–H groups in total. The van der Waals surface area contributed by atoms with Crippen molar-refractivity contribution in [2.75, 3.05) is 24.7 Å². The van der Waals surface area contributed by atoms with E-state index < -0.39 is 90.8 Å². The Bertz CT molecular complexity index is 843. The number of hydrogen-bond donors (Lipinski definition) is 10. The maximum Gasteiger partial charge on any atom is 0.245 e. The van der Waals surface area contributed by atoms with Gasteiger partial charge in [-0.25, -0.2) is 0 Å². The molecule has 0 aromatic rings. The van der Waals surface area contributed by atoms with Gasteiger partial charge in [-0.2, -0.15) is 25.3 Å². The Morgan fingerprint density at radius 2 is 1.19 bits per heavy atom. The van der Waals surface area contributed by atoms with Gasteiger partial charge in [0, 0.05) is 11.5 Å². The minimum atomic E-state index is -1.50. The zero-order valence-corrected chi connectivity index (χ0v) is 21.9. The van der Waals surface area contributed by atoms with Crippen LogP contribution in [0.15, 0.2) is 0 Å². The molecule has 1 rings (SSSR count). The van der Waals surface area contributed by atoms with Gasteiger partial charge in [0.1, 0.15) is 30.2 Å². The van der Waals surface area contributed by atoms with Crippen molar-refractivity contribution in [1.29, 1.82) is 0 Å². The SMILES string of the molecule is CC(C)[C@@H]1NC(=O)[C@H](CO)NC(=O)[C@H](CS)NC(=O)CNC(=O)[C@H](CS)NC(=O)[C@H]([C@@H](C)O)NC1=O. The van der Waals surface area contributed by atoms with Crippen LogP contribution >= 0.6 is 25.3 Å². The van der Waals surface area contributed by atoms with Gasteiger partial charge >= 0.3 is 0 Å². The Kier molecular flexibility index (Phi) is 13.0. The highest BCUT2D eigenvalue weighted by Gasteiger charge is 2.35. The first-order chi connectivity index (χ1) is 16.9. The van der Waals surface area contributed by atoms with Crippen LogP contribution in [0.3, 0.4) is 0 Å². The van der Waals surface area contributed by atoms with E-state index in [-0.39, 0.29) is 11.5 Å². The molecule has 0 saturated carbocycles. The second kappa shape index (κ2) is 14.9. The van der Waals surface area contributed by atoms with Crippen LogP contribution in [0.25, 0.3) is 0 Å². The Morgan fingerprint density at radius 3 is 1.69 bits per heavy atom. The number of thiol groups is 2. The molecular weight excluding hydrogens is 516 g/mol. The van der Waals surface area contributed by atoms with Crippen LogP contribution in [-0.4, -0.2) is 107 Å². The Labute approximate surface area is 219 Å². The average Bonchev–Trinajstić information content (AvgIpc) is 2.82. The summed E-state index contributed by atoms with van der Waals surface area (Å²) >= 11 is 8.04. The predicted octanol–water partition coefficient (Wildman–Crippen LogP) is -4.57. The molecule has 6 amide bonds. The summed E-state index contributed by atoms with van der Waals surface area (Å²) in [6.07, 6.45) is -1.39. The predicted molar refractivity (Wildman–Crippen MR) is 134 cm³/mol. The largest absolute Gasteiger partial charge is 0.394 e. The third-order valence-electron chi connectivity index (χ3n) is 5.20. The van der Waals surface area contributed by atoms with Gasteiger partial charge in [0.05, 0.1) is 19.3 Å². The van der Waals surface area contributed by atoms with E-state index in [0.717, 1.165) is 0 Å². The number of aliphatic hydroxyl groups excluding tert-OH is 2. The maximum absolute atomic E-state index is 12.9. The van der Waals surface area contributed by atoms with Crippen molar-refractivity contribution >= 4 is 60.7 Å². The fraction of sp³-hybridized carbons (Fsp3) is 0.700. The zero-order chi connectivity index (χ0) is 27.6. The van der Waals surface area contributed by atoms with E-state index in [1.54, 1.807) is 13.8 Å². The minimum Gasteiger partial charge on any atom is -0.394 e. The Hall–Kier alpha value is -2.56. The van der Waals surface area contributed by atoms with Gasteiger partial charge in [0.15, 0.2) is 0 Å². The average molecular weight is 551 g/mol. The van der Waals surface area contributed by atoms with Crippen LogP contribution < -0.4 is 31.9 Å². The van der Waals surface area contributed by atoms with Crippen LogP contribution in [0.4, 0.5) is 0 Å². The summed E-state index contributed by atoms with van der Waals surface area (Å²) in [5.74, 6) is -5.84. The molecule has 36 heavy (non-hydrogen) atoms. The van der Waals surface area contributed by atoms with Crippen molar-refractivity contribution in [3.63, 3.8) is 0 Å². The van der Waals surface area contributed by atoms with E-state index in [2.05, 4.69) is 57.2 Å². The summed E-state index contributed by atoms with van der Waals surface area (Å²) in [5, 5.41) is 33.8. The smallest absolute Gasteiger partial charge is 0.245 e. The monoisotopic (exact) mass is 550 g/mol. The molecule has 0 radical (unpaired) electrons. The molecule has 1 fully saturated rings. The zero-order valence-electron chi connectivity index (χ0n) is 20.1. The molecule has 0 bridgehead atoms. The molecule has 1 aliphatic heterocycles. The number of carbonyl (C=O) groups excluding carboxylic acids is 6. The standard InChI is InChI=1S/C20H34N6O8S2/c1-8(2)14-19(33)26-15(9(3)28)20(34)24-11(6-35)16(30)21-4-13(29)22-12(7-36)18(32)23-10(5-27)17(31)25-14/h8-12,14-15,27-28,35-36H,4-7H2,1-3H3,(H,21,30)(H,22,29)(H,23,32)(H,24,34)(H,25,31)(H,26,33)/t9-,10+,11+,12+,14+,15+/m1/s1. The van der Waals surface area contributed by atoms with Gasteiger partial charge in [-0.1, -0.05) is 13.8 Å². The number of aliphatic hydroxyl groups is 2. The lowest BCUT2D eigenvalue weighted by atomic mass is 10.0. The summed E-state index contributed by atoms with van der Waals surface area (Å²) in [5.41, 5.74) is 0. The lowest BCUT2D eigenvalue weighted by Crippen LogP contribution is -2.63. The molecule has 0 unspecified atom stereocenters. The first kappa shape index (κ1) is 31.5. The number of amides is 6. The van der Waals surface area contributed by atoms with Gasteiger partial charge in [0.2, 0.25) is 35.4 Å². The highest BCUT2D eigenvalue weighted by molar-refractivity contribution is 7.80. The minimum absolute atomic E-state index is 0.168. The van der Waals surface area contributed by atoms with Gasteiger partial charge in [-0.05, 0) is 12.8 Å². The molecule has 1 aliphatic rings.